The van der Waals surface area contributed by atoms with Crippen LogP contribution in [0.2, 0.25) is 0 Å². The van der Waals surface area contributed by atoms with Crippen LogP contribution in [0, 0.1) is 0 Å². The molecule has 13 heavy (non-hydrogen) atoms. The second-order valence-electron chi connectivity index (χ2n) is 4.83. The highest BCUT2D eigenvalue weighted by Gasteiger charge is 2.38. The molecular weight excluding hydrogens is 162 g/mol. The smallest absolute Gasteiger partial charge is 0.0608 e. The average molecular weight is 183 g/mol. The fraction of sp³-hybridized carbons (Fsp3) is 1.00. The Bertz CT molecular complexity index is 167. The summed E-state index contributed by atoms with van der Waals surface area (Å²) in [6.07, 6.45) is 6.22. The van der Waals surface area contributed by atoms with Gasteiger partial charge in [-0.2, -0.15) is 0 Å². The Labute approximate surface area is 81.3 Å². The van der Waals surface area contributed by atoms with E-state index in [2.05, 4.69) is 25.8 Å². The number of hydrogen-bond acceptors (Lipinski definition) is 2. The number of fused-ring (bicyclic) bond motifs is 2. The van der Waals surface area contributed by atoms with Crippen molar-refractivity contribution in [2.45, 2.75) is 63.8 Å². The summed E-state index contributed by atoms with van der Waals surface area (Å²) in [5.41, 5.74) is 0. The second kappa shape index (κ2) is 3.58. The molecule has 0 amide bonds. The molecule has 2 fully saturated rings. The third-order valence-corrected chi connectivity index (χ3v) is 3.52. The van der Waals surface area contributed by atoms with E-state index in [1.54, 1.807) is 0 Å². The maximum absolute atomic E-state index is 5.89. The number of piperidine rings is 1. The molecule has 0 spiro atoms. The molecule has 0 aromatic carbocycles. The van der Waals surface area contributed by atoms with Crippen LogP contribution in [0.5, 0.6) is 0 Å². The van der Waals surface area contributed by atoms with E-state index in [4.69, 9.17) is 4.74 Å². The number of hydrogen-bond donors (Lipinski definition) is 0. The molecule has 0 N–H and O–H groups in total. The zero-order valence-electron chi connectivity index (χ0n) is 8.99. The minimum absolute atomic E-state index is 0.396. The molecule has 2 bridgehead atoms. The Balaban J connectivity index is 1.91. The lowest BCUT2D eigenvalue weighted by atomic mass is 10.0. The first-order valence-electron chi connectivity index (χ1n) is 5.54. The number of ether oxygens (including phenoxy) is 1. The molecule has 2 heterocycles. The Hall–Kier alpha value is -0.0800. The monoisotopic (exact) mass is 183 g/mol. The third-order valence-electron chi connectivity index (χ3n) is 3.52. The summed E-state index contributed by atoms with van der Waals surface area (Å²) in [7, 11) is 2.27. The molecule has 76 valence electrons. The van der Waals surface area contributed by atoms with E-state index in [1.165, 1.54) is 25.7 Å². The van der Waals surface area contributed by atoms with E-state index in [-0.39, 0.29) is 0 Å². The fourth-order valence-corrected chi connectivity index (χ4v) is 2.86. The van der Waals surface area contributed by atoms with Crippen molar-refractivity contribution in [2.24, 2.45) is 0 Å². The quantitative estimate of drug-likeness (QED) is 0.649. The first kappa shape index (κ1) is 9.47. The van der Waals surface area contributed by atoms with E-state index in [0.29, 0.717) is 12.2 Å². The van der Waals surface area contributed by atoms with Gasteiger partial charge in [0.25, 0.3) is 0 Å². The molecule has 2 unspecified atom stereocenters. The van der Waals surface area contributed by atoms with Crippen molar-refractivity contribution in [1.82, 2.24) is 4.90 Å². The zero-order valence-corrected chi connectivity index (χ0v) is 8.99. The molecule has 2 saturated heterocycles. The van der Waals surface area contributed by atoms with E-state index in [1.807, 2.05) is 0 Å². The lowest BCUT2D eigenvalue weighted by molar-refractivity contribution is -0.0423. The van der Waals surface area contributed by atoms with Gasteiger partial charge in [0.2, 0.25) is 0 Å². The Morgan fingerprint density at radius 3 is 2.15 bits per heavy atom. The van der Waals surface area contributed by atoms with Gasteiger partial charge in [-0.1, -0.05) is 0 Å². The van der Waals surface area contributed by atoms with E-state index >= 15 is 0 Å². The Morgan fingerprint density at radius 1 is 1.15 bits per heavy atom. The van der Waals surface area contributed by atoms with E-state index in [9.17, 15) is 0 Å². The van der Waals surface area contributed by atoms with Crippen LogP contribution < -0.4 is 0 Å². The van der Waals surface area contributed by atoms with Crippen LogP contribution in [-0.4, -0.2) is 36.2 Å². The number of rotatable bonds is 2. The van der Waals surface area contributed by atoms with Crippen LogP contribution in [0.4, 0.5) is 0 Å². The van der Waals surface area contributed by atoms with Crippen LogP contribution in [-0.2, 0) is 4.74 Å². The summed E-state index contributed by atoms with van der Waals surface area (Å²) in [5, 5.41) is 0. The van der Waals surface area contributed by atoms with Crippen LogP contribution >= 0.6 is 0 Å². The maximum Gasteiger partial charge on any atom is 0.0608 e. The van der Waals surface area contributed by atoms with Crippen molar-refractivity contribution in [1.29, 1.82) is 0 Å². The summed E-state index contributed by atoms with van der Waals surface area (Å²) in [6, 6.07) is 1.62. The Kier molecular flexibility index (Phi) is 2.61. The van der Waals surface area contributed by atoms with Crippen molar-refractivity contribution in [2.75, 3.05) is 7.05 Å². The molecule has 0 aromatic heterocycles. The second-order valence-corrected chi connectivity index (χ2v) is 4.83. The molecule has 2 aliphatic rings. The highest BCUT2D eigenvalue weighted by Crippen LogP contribution is 2.35. The van der Waals surface area contributed by atoms with E-state index in [0.717, 1.165) is 12.1 Å². The molecule has 2 heteroatoms. The molecule has 2 atom stereocenters. The molecular formula is C11H21NO. The van der Waals surface area contributed by atoms with Gasteiger partial charge in [-0.15, -0.1) is 0 Å². The van der Waals surface area contributed by atoms with Gasteiger partial charge in [0, 0.05) is 12.1 Å². The average Bonchev–Trinajstić information content (AvgIpc) is 2.33. The first-order valence-corrected chi connectivity index (χ1v) is 5.54. The van der Waals surface area contributed by atoms with Crippen LogP contribution in [0.3, 0.4) is 0 Å². The highest BCUT2D eigenvalue weighted by molar-refractivity contribution is 4.93. The predicted molar refractivity (Wildman–Crippen MR) is 53.8 cm³/mol. The molecule has 2 nitrogen and oxygen atoms in total. The van der Waals surface area contributed by atoms with E-state index < -0.39 is 0 Å². The zero-order chi connectivity index (χ0) is 9.42. The predicted octanol–water partition coefficient (Wildman–Crippen LogP) is 2.04. The molecule has 0 radical (unpaired) electrons. The van der Waals surface area contributed by atoms with Crippen molar-refractivity contribution < 1.29 is 4.74 Å². The normalized spacial score (nSPS) is 40.2. The van der Waals surface area contributed by atoms with Crippen LogP contribution in [0.15, 0.2) is 0 Å². The van der Waals surface area contributed by atoms with Crippen molar-refractivity contribution in [3.8, 4) is 0 Å². The third kappa shape index (κ3) is 1.89. The summed E-state index contributed by atoms with van der Waals surface area (Å²) >= 11 is 0. The lowest BCUT2D eigenvalue weighted by Gasteiger charge is -2.36. The summed E-state index contributed by atoms with van der Waals surface area (Å²) in [6.45, 7) is 4.28. The SMILES string of the molecule is CC(C)OC1CC2CCC(C1)N2C. The minimum Gasteiger partial charge on any atom is -0.375 e. The van der Waals surface area contributed by atoms with Gasteiger partial charge in [-0.05, 0) is 46.6 Å². The molecule has 2 aliphatic heterocycles. The van der Waals surface area contributed by atoms with Gasteiger partial charge >= 0.3 is 0 Å². The molecule has 2 rings (SSSR count). The van der Waals surface area contributed by atoms with Crippen molar-refractivity contribution in [3.63, 3.8) is 0 Å². The highest BCUT2D eigenvalue weighted by atomic mass is 16.5. The molecule has 0 aromatic rings. The summed E-state index contributed by atoms with van der Waals surface area (Å²) in [4.78, 5) is 2.56. The molecule has 0 saturated carbocycles. The summed E-state index contributed by atoms with van der Waals surface area (Å²) in [5.74, 6) is 0. The van der Waals surface area contributed by atoms with Gasteiger partial charge in [-0.25, -0.2) is 0 Å². The minimum atomic E-state index is 0.396. The van der Waals surface area contributed by atoms with Gasteiger partial charge in [0.1, 0.15) is 0 Å². The topological polar surface area (TPSA) is 12.5 Å². The standard InChI is InChI=1S/C11H21NO/c1-8(2)13-11-6-9-4-5-10(7-11)12(9)3/h8-11H,4-7H2,1-3H3. The van der Waals surface area contributed by atoms with Crippen LogP contribution in [0.25, 0.3) is 0 Å². The van der Waals surface area contributed by atoms with Crippen LogP contribution in [0.1, 0.15) is 39.5 Å². The molecule has 0 aliphatic carbocycles. The van der Waals surface area contributed by atoms with Gasteiger partial charge in [0.05, 0.1) is 12.2 Å². The first-order chi connectivity index (χ1) is 6.16. The Morgan fingerprint density at radius 2 is 1.69 bits per heavy atom. The van der Waals surface area contributed by atoms with Gasteiger partial charge in [-0.3, -0.25) is 0 Å². The number of nitrogens with zero attached hydrogens (tertiary/aromatic N) is 1. The lowest BCUT2D eigenvalue weighted by Crippen LogP contribution is -2.43. The maximum atomic E-state index is 5.89. The summed E-state index contributed by atoms with van der Waals surface area (Å²) < 4.78 is 5.89. The van der Waals surface area contributed by atoms with Gasteiger partial charge < -0.3 is 9.64 Å². The fourth-order valence-electron chi connectivity index (χ4n) is 2.86. The van der Waals surface area contributed by atoms with Gasteiger partial charge in [0.15, 0.2) is 0 Å². The largest absolute Gasteiger partial charge is 0.375 e. The van der Waals surface area contributed by atoms with Crippen molar-refractivity contribution in [3.05, 3.63) is 0 Å². The van der Waals surface area contributed by atoms with Crippen molar-refractivity contribution >= 4 is 0 Å².